The summed E-state index contributed by atoms with van der Waals surface area (Å²) in [6, 6.07) is 20.8. The number of rotatable bonds is 4. The van der Waals surface area contributed by atoms with Gasteiger partial charge in [-0.2, -0.15) is 0 Å². The van der Waals surface area contributed by atoms with Gasteiger partial charge in [0.2, 0.25) is 0 Å². The average Bonchev–Trinajstić information content (AvgIpc) is 3.25. The van der Waals surface area contributed by atoms with Crippen molar-refractivity contribution in [3.05, 3.63) is 105 Å². The molecule has 6 heteroatoms. The third-order valence-electron chi connectivity index (χ3n) is 5.84. The number of allylic oxidation sites excluding steroid dienone is 2. The first-order valence-corrected chi connectivity index (χ1v) is 10.2. The average molecular weight is 419 g/mol. The van der Waals surface area contributed by atoms with Crippen LogP contribution < -0.4 is 10.1 Å². The van der Waals surface area contributed by atoms with E-state index in [-0.39, 0.29) is 28.6 Å². The molecular weight excluding hydrogens is 400 g/mol. The lowest BCUT2D eigenvalue weighted by atomic mass is 9.77. The molecule has 0 spiro atoms. The van der Waals surface area contributed by atoms with Gasteiger partial charge in [-0.15, -0.1) is 0 Å². The van der Waals surface area contributed by atoms with Gasteiger partial charge in [-0.25, -0.2) is 0 Å². The number of ether oxygens (including phenoxy) is 1. The monoisotopic (exact) mass is 418 g/mol. The topological polar surface area (TPSA) is 64.4 Å². The Morgan fingerprint density at radius 3 is 2.67 bits per heavy atom. The molecule has 1 aliphatic heterocycles. The molecule has 1 aliphatic carbocycles. The van der Waals surface area contributed by atoms with Crippen molar-refractivity contribution in [1.29, 1.82) is 0 Å². The molecule has 5 rings (SSSR count). The van der Waals surface area contributed by atoms with E-state index in [9.17, 15) is 10.1 Å². The first-order chi connectivity index (χ1) is 14.6. The zero-order valence-electron chi connectivity index (χ0n) is 16.0. The molecule has 3 unspecified atom stereocenters. The van der Waals surface area contributed by atoms with E-state index in [2.05, 4.69) is 23.5 Å². The summed E-state index contributed by atoms with van der Waals surface area (Å²) in [5.41, 5.74) is 3.02. The van der Waals surface area contributed by atoms with E-state index < -0.39 is 4.92 Å². The van der Waals surface area contributed by atoms with E-state index in [0.29, 0.717) is 0 Å². The van der Waals surface area contributed by atoms with Crippen molar-refractivity contribution in [2.45, 2.75) is 18.4 Å². The number of nitrogens with zero attached hydrogens (tertiary/aromatic N) is 1. The van der Waals surface area contributed by atoms with Gasteiger partial charge in [0.1, 0.15) is 16.5 Å². The van der Waals surface area contributed by atoms with Gasteiger partial charge in [0.15, 0.2) is 0 Å². The Kier molecular flexibility index (Phi) is 4.68. The number of fused-ring (bicyclic) bond motifs is 3. The lowest BCUT2D eigenvalue weighted by Crippen LogP contribution is -2.29. The van der Waals surface area contributed by atoms with Crippen LogP contribution in [0.1, 0.15) is 29.5 Å². The summed E-state index contributed by atoms with van der Waals surface area (Å²) in [6.45, 7) is 0. The Hall–Kier alpha value is -3.31. The van der Waals surface area contributed by atoms with Crippen LogP contribution in [0.15, 0.2) is 78.9 Å². The molecule has 0 aromatic heterocycles. The highest BCUT2D eigenvalue weighted by atomic mass is 35.5. The number of benzene rings is 3. The Bertz CT molecular complexity index is 1150. The number of nitrogens with one attached hydrogen (secondary N) is 1. The fourth-order valence-corrected chi connectivity index (χ4v) is 4.64. The van der Waals surface area contributed by atoms with Crippen molar-refractivity contribution in [2.75, 3.05) is 5.32 Å². The second kappa shape index (κ2) is 7.50. The van der Waals surface area contributed by atoms with E-state index in [1.807, 2.05) is 48.5 Å². The van der Waals surface area contributed by atoms with Crippen molar-refractivity contribution in [2.24, 2.45) is 5.92 Å². The Morgan fingerprint density at radius 1 is 1.03 bits per heavy atom. The van der Waals surface area contributed by atoms with Crippen LogP contribution in [0.3, 0.4) is 0 Å². The summed E-state index contributed by atoms with van der Waals surface area (Å²) in [5, 5.41) is 15.1. The molecule has 150 valence electrons. The van der Waals surface area contributed by atoms with E-state index >= 15 is 0 Å². The van der Waals surface area contributed by atoms with Gasteiger partial charge in [-0.05, 0) is 59.9 Å². The molecule has 3 aromatic rings. The molecule has 0 bridgehead atoms. The third-order valence-corrected chi connectivity index (χ3v) is 6.16. The van der Waals surface area contributed by atoms with Crippen molar-refractivity contribution >= 4 is 23.0 Å². The van der Waals surface area contributed by atoms with Crippen molar-refractivity contribution in [1.82, 2.24) is 0 Å². The van der Waals surface area contributed by atoms with E-state index in [1.54, 1.807) is 12.1 Å². The summed E-state index contributed by atoms with van der Waals surface area (Å²) in [7, 11) is 0. The SMILES string of the molecule is O=[N+]([O-])c1cc(C2Nc3ccc(Oc4ccccc4)cc3C3C=CCC32)ccc1Cl. The van der Waals surface area contributed by atoms with E-state index in [0.717, 1.165) is 29.2 Å². The normalized spacial score (nSPS) is 21.4. The summed E-state index contributed by atoms with van der Waals surface area (Å²) < 4.78 is 6.02. The number of para-hydroxylation sites is 1. The standard InChI is InChI=1S/C24H19ClN2O3/c25-21-11-9-15(13-23(21)27(28)29)24-19-8-4-7-18(19)20-14-17(10-12-22(20)26-24)30-16-5-2-1-3-6-16/h1-7,9-14,18-19,24,26H,8H2. The lowest BCUT2D eigenvalue weighted by molar-refractivity contribution is -0.384. The number of anilines is 1. The maximum Gasteiger partial charge on any atom is 0.288 e. The van der Waals surface area contributed by atoms with E-state index in [4.69, 9.17) is 16.3 Å². The third kappa shape index (κ3) is 3.31. The van der Waals surface area contributed by atoms with Gasteiger partial charge in [-0.1, -0.05) is 48.0 Å². The molecule has 1 heterocycles. The zero-order valence-corrected chi connectivity index (χ0v) is 16.8. The van der Waals surface area contributed by atoms with Crippen LogP contribution in [0, 0.1) is 16.0 Å². The molecule has 0 fully saturated rings. The number of nitro groups is 1. The summed E-state index contributed by atoms with van der Waals surface area (Å²) in [6.07, 6.45) is 5.32. The highest BCUT2D eigenvalue weighted by Gasteiger charge is 2.38. The number of nitro benzene ring substituents is 1. The lowest BCUT2D eigenvalue weighted by Gasteiger charge is -2.37. The summed E-state index contributed by atoms with van der Waals surface area (Å²) in [5.74, 6) is 2.08. The highest BCUT2D eigenvalue weighted by molar-refractivity contribution is 6.32. The first-order valence-electron chi connectivity index (χ1n) is 9.84. The molecule has 0 saturated heterocycles. The molecule has 3 aromatic carbocycles. The Balaban J connectivity index is 1.49. The molecule has 5 nitrogen and oxygen atoms in total. The van der Waals surface area contributed by atoms with Crippen LogP contribution in [0.5, 0.6) is 11.5 Å². The maximum atomic E-state index is 11.3. The number of hydrogen-bond acceptors (Lipinski definition) is 4. The quantitative estimate of drug-likeness (QED) is 0.285. The minimum Gasteiger partial charge on any atom is -0.457 e. The molecule has 1 N–H and O–H groups in total. The van der Waals surface area contributed by atoms with Gasteiger partial charge >= 0.3 is 0 Å². The molecule has 2 aliphatic rings. The number of hydrogen-bond donors (Lipinski definition) is 1. The largest absolute Gasteiger partial charge is 0.457 e. The molecule has 3 atom stereocenters. The highest BCUT2D eigenvalue weighted by Crippen LogP contribution is 2.51. The van der Waals surface area contributed by atoms with Crippen LogP contribution in [0.4, 0.5) is 11.4 Å². The van der Waals surface area contributed by atoms with Crippen LogP contribution in [0.25, 0.3) is 0 Å². The van der Waals surface area contributed by atoms with Crippen LogP contribution in [-0.2, 0) is 0 Å². The van der Waals surface area contributed by atoms with Gasteiger partial charge in [0.25, 0.3) is 5.69 Å². The fraction of sp³-hybridized carbons (Fsp3) is 0.167. The molecule has 0 saturated carbocycles. The van der Waals surface area contributed by atoms with Gasteiger partial charge in [0, 0.05) is 17.7 Å². The second-order valence-electron chi connectivity index (χ2n) is 7.61. The first kappa shape index (κ1) is 18.7. The Morgan fingerprint density at radius 2 is 1.87 bits per heavy atom. The molecule has 0 radical (unpaired) electrons. The fourth-order valence-electron chi connectivity index (χ4n) is 4.45. The predicted octanol–water partition coefficient (Wildman–Crippen LogP) is 6.87. The minimum atomic E-state index is -0.430. The van der Waals surface area contributed by atoms with Gasteiger partial charge < -0.3 is 10.1 Å². The zero-order chi connectivity index (χ0) is 20.7. The molecule has 0 amide bonds. The van der Waals surface area contributed by atoms with Crippen molar-refractivity contribution in [3.63, 3.8) is 0 Å². The maximum absolute atomic E-state index is 11.3. The molecule has 30 heavy (non-hydrogen) atoms. The second-order valence-corrected chi connectivity index (χ2v) is 8.01. The van der Waals surface area contributed by atoms with Gasteiger partial charge in [0.05, 0.1) is 11.0 Å². The minimum absolute atomic E-state index is 0.0330. The van der Waals surface area contributed by atoms with E-state index in [1.165, 1.54) is 5.56 Å². The summed E-state index contributed by atoms with van der Waals surface area (Å²) in [4.78, 5) is 10.9. The van der Waals surface area contributed by atoms with Crippen molar-refractivity contribution < 1.29 is 9.66 Å². The van der Waals surface area contributed by atoms with Crippen LogP contribution in [-0.4, -0.2) is 4.92 Å². The predicted molar refractivity (Wildman–Crippen MR) is 117 cm³/mol. The van der Waals surface area contributed by atoms with Crippen LogP contribution >= 0.6 is 11.6 Å². The molecular formula is C24H19ClN2O3. The summed E-state index contributed by atoms with van der Waals surface area (Å²) >= 11 is 6.02. The smallest absolute Gasteiger partial charge is 0.288 e. The Labute approximate surface area is 179 Å². The van der Waals surface area contributed by atoms with Gasteiger partial charge in [-0.3, -0.25) is 10.1 Å². The van der Waals surface area contributed by atoms with Crippen molar-refractivity contribution in [3.8, 4) is 11.5 Å². The van der Waals surface area contributed by atoms with Crippen LogP contribution in [0.2, 0.25) is 5.02 Å². The number of halogens is 1.